The maximum absolute atomic E-state index is 12.4. The minimum atomic E-state index is -0.0673. The molecule has 1 aliphatic carbocycles. The first kappa shape index (κ1) is 20.5. The number of nitrogens with one attached hydrogen (secondary N) is 1. The molecule has 0 radical (unpaired) electrons. The number of aryl methyl sites for hydroxylation is 2. The largest absolute Gasteiger partial charge is 0.496 e. The van der Waals surface area contributed by atoms with Crippen LogP contribution >= 0.6 is 11.8 Å². The number of hydrogen-bond donors (Lipinski definition) is 1. The molecule has 0 spiro atoms. The summed E-state index contributed by atoms with van der Waals surface area (Å²) in [5.74, 6) is 1.18. The van der Waals surface area contributed by atoms with Crippen LogP contribution in [0.25, 0.3) is 11.5 Å². The quantitative estimate of drug-likeness (QED) is 0.560. The Hall–Kier alpha value is -2.80. The van der Waals surface area contributed by atoms with Gasteiger partial charge >= 0.3 is 0 Å². The van der Waals surface area contributed by atoms with Crippen LogP contribution in [0.15, 0.2) is 52.1 Å². The molecule has 0 fully saturated rings. The minimum absolute atomic E-state index is 0.0443. The van der Waals surface area contributed by atoms with Crippen molar-refractivity contribution in [3.63, 3.8) is 0 Å². The molecule has 0 aliphatic heterocycles. The minimum Gasteiger partial charge on any atom is -0.496 e. The highest BCUT2D eigenvalue weighted by molar-refractivity contribution is 7.99. The summed E-state index contributed by atoms with van der Waals surface area (Å²) in [6.07, 6.45) is 4.80. The molecule has 1 amide bonds. The molecule has 1 N–H and O–H groups in total. The average molecular weight is 424 g/mol. The van der Waals surface area contributed by atoms with Crippen LogP contribution in [-0.4, -0.2) is 29.0 Å². The van der Waals surface area contributed by atoms with Crippen molar-refractivity contribution in [2.45, 2.75) is 43.9 Å². The van der Waals surface area contributed by atoms with Gasteiger partial charge in [0.1, 0.15) is 5.75 Å². The number of carbonyl (C=O) groups excluding carboxylic acids is 1. The van der Waals surface area contributed by atoms with Crippen molar-refractivity contribution in [3.8, 4) is 17.2 Å². The van der Waals surface area contributed by atoms with E-state index in [2.05, 4.69) is 33.7 Å². The molecule has 3 aromatic rings. The number of thioether (sulfide) groups is 1. The highest BCUT2D eigenvalue weighted by Gasteiger charge is 2.17. The summed E-state index contributed by atoms with van der Waals surface area (Å²) < 4.78 is 11.0. The van der Waals surface area contributed by atoms with Crippen LogP contribution < -0.4 is 10.1 Å². The Morgan fingerprint density at radius 1 is 1.17 bits per heavy atom. The van der Waals surface area contributed by atoms with E-state index in [0.717, 1.165) is 24.0 Å². The second-order valence-electron chi connectivity index (χ2n) is 7.39. The topological polar surface area (TPSA) is 77.2 Å². The first-order valence-corrected chi connectivity index (χ1v) is 11.1. The van der Waals surface area contributed by atoms with E-state index < -0.39 is 0 Å². The van der Waals surface area contributed by atoms with Gasteiger partial charge in [-0.05, 0) is 61.4 Å². The van der Waals surface area contributed by atoms with Crippen molar-refractivity contribution in [1.29, 1.82) is 0 Å². The highest BCUT2D eigenvalue weighted by Crippen LogP contribution is 2.30. The van der Waals surface area contributed by atoms with Crippen molar-refractivity contribution in [3.05, 3.63) is 59.2 Å². The number of carbonyl (C=O) groups is 1. The molecule has 0 saturated heterocycles. The summed E-state index contributed by atoms with van der Waals surface area (Å²) >= 11 is 1.22. The van der Waals surface area contributed by atoms with Crippen molar-refractivity contribution < 1.29 is 13.9 Å². The predicted molar refractivity (Wildman–Crippen MR) is 117 cm³/mol. The monoisotopic (exact) mass is 423 g/mol. The van der Waals surface area contributed by atoms with Gasteiger partial charge in [-0.1, -0.05) is 42.1 Å². The SMILES string of the molecule is COc1ccccc1-c1nnc(SCC(=O)N[C@@H](C)c2ccc3c(c2)CCCC3)o1. The number of benzene rings is 2. The lowest BCUT2D eigenvalue weighted by Crippen LogP contribution is -2.28. The molecule has 1 heterocycles. The van der Waals surface area contributed by atoms with Gasteiger partial charge in [-0.2, -0.15) is 0 Å². The lowest BCUT2D eigenvalue weighted by atomic mass is 9.89. The van der Waals surface area contributed by atoms with E-state index in [4.69, 9.17) is 9.15 Å². The smallest absolute Gasteiger partial charge is 0.277 e. The first-order chi connectivity index (χ1) is 14.6. The standard InChI is InChI=1S/C23H25N3O3S/c1-15(17-12-11-16-7-3-4-8-18(16)13-17)24-21(27)14-30-23-26-25-22(29-23)19-9-5-6-10-20(19)28-2/h5-6,9-13,15H,3-4,7-8,14H2,1-2H3,(H,24,27)/t15-/m0/s1. The van der Waals surface area contributed by atoms with E-state index in [1.54, 1.807) is 7.11 Å². The molecule has 4 rings (SSSR count). The molecule has 156 valence electrons. The number of aromatic nitrogens is 2. The Morgan fingerprint density at radius 2 is 1.97 bits per heavy atom. The van der Waals surface area contributed by atoms with Crippen LogP contribution in [0.3, 0.4) is 0 Å². The van der Waals surface area contributed by atoms with Crippen LogP contribution in [0.2, 0.25) is 0 Å². The van der Waals surface area contributed by atoms with E-state index in [1.165, 1.54) is 35.7 Å². The number of ether oxygens (including phenoxy) is 1. The zero-order valence-electron chi connectivity index (χ0n) is 17.2. The van der Waals surface area contributed by atoms with Crippen LogP contribution in [0, 0.1) is 0 Å². The van der Waals surface area contributed by atoms with Gasteiger partial charge in [0.25, 0.3) is 11.1 Å². The third kappa shape index (κ3) is 4.67. The van der Waals surface area contributed by atoms with Crippen LogP contribution in [0.5, 0.6) is 5.75 Å². The van der Waals surface area contributed by atoms with E-state index >= 15 is 0 Å². The van der Waals surface area contributed by atoms with E-state index in [1.807, 2.05) is 31.2 Å². The number of rotatable bonds is 7. The fourth-order valence-electron chi connectivity index (χ4n) is 3.71. The zero-order valence-corrected chi connectivity index (χ0v) is 18.0. The molecule has 30 heavy (non-hydrogen) atoms. The molecule has 6 nitrogen and oxygen atoms in total. The third-order valence-corrected chi connectivity index (χ3v) is 6.14. The van der Waals surface area contributed by atoms with Crippen LogP contribution in [0.4, 0.5) is 0 Å². The predicted octanol–water partition coefficient (Wildman–Crippen LogP) is 4.59. The third-order valence-electron chi connectivity index (χ3n) is 5.32. The molecule has 0 bridgehead atoms. The molecule has 0 unspecified atom stereocenters. The van der Waals surface area contributed by atoms with E-state index in [0.29, 0.717) is 16.9 Å². The number of methoxy groups -OCH3 is 1. The normalized spacial score (nSPS) is 14.1. The molecular formula is C23H25N3O3S. The molecule has 1 atom stereocenters. The summed E-state index contributed by atoms with van der Waals surface area (Å²) in [5, 5.41) is 11.5. The van der Waals surface area contributed by atoms with E-state index in [-0.39, 0.29) is 17.7 Å². The van der Waals surface area contributed by atoms with Crippen LogP contribution in [-0.2, 0) is 17.6 Å². The second-order valence-corrected chi connectivity index (χ2v) is 8.31. The summed E-state index contributed by atoms with van der Waals surface area (Å²) in [4.78, 5) is 12.4. The van der Waals surface area contributed by atoms with Crippen molar-refractivity contribution in [1.82, 2.24) is 15.5 Å². The summed E-state index contributed by atoms with van der Waals surface area (Å²) in [7, 11) is 1.60. The summed E-state index contributed by atoms with van der Waals surface area (Å²) in [6.45, 7) is 2.01. The molecule has 0 saturated carbocycles. The molecule has 2 aromatic carbocycles. The Bertz CT molecular complexity index is 1030. The van der Waals surface area contributed by atoms with Gasteiger partial charge in [0.2, 0.25) is 5.91 Å². The number of amides is 1. The van der Waals surface area contributed by atoms with Crippen molar-refractivity contribution >= 4 is 17.7 Å². The maximum atomic E-state index is 12.4. The lowest BCUT2D eigenvalue weighted by Gasteiger charge is -2.20. The molecular weight excluding hydrogens is 398 g/mol. The van der Waals surface area contributed by atoms with Gasteiger partial charge in [-0.3, -0.25) is 4.79 Å². The Kier molecular flexibility index (Phi) is 6.38. The fourth-order valence-corrected chi connectivity index (χ4v) is 4.29. The van der Waals surface area contributed by atoms with Gasteiger partial charge in [0.15, 0.2) is 0 Å². The maximum Gasteiger partial charge on any atom is 0.277 e. The van der Waals surface area contributed by atoms with Crippen molar-refractivity contribution in [2.75, 3.05) is 12.9 Å². The summed E-state index contributed by atoms with van der Waals surface area (Å²) in [5.41, 5.74) is 4.74. The Morgan fingerprint density at radius 3 is 2.80 bits per heavy atom. The second kappa shape index (κ2) is 9.34. The number of hydrogen-bond acceptors (Lipinski definition) is 6. The van der Waals surface area contributed by atoms with Gasteiger partial charge < -0.3 is 14.5 Å². The summed E-state index contributed by atoms with van der Waals surface area (Å²) in [6, 6.07) is 14.0. The van der Waals surface area contributed by atoms with Gasteiger partial charge in [0, 0.05) is 0 Å². The lowest BCUT2D eigenvalue weighted by molar-refractivity contribution is -0.119. The van der Waals surface area contributed by atoms with Crippen molar-refractivity contribution in [2.24, 2.45) is 0 Å². The van der Waals surface area contributed by atoms with Gasteiger partial charge in [0.05, 0.1) is 24.5 Å². The first-order valence-electron chi connectivity index (χ1n) is 10.1. The highest BCUT2D eigenvalue weighted by atomic mass is 32.2. The zero-order chi connectivity index (χ0) is 20.9. The number of nitrogens with zero attached hydrogens (tertiary/aromatic N) is 2. The van der Waals surface area contributed by atoms with Gasteiger partial charge in [-0.15, -0.1) is 10.2 Å². The average Bonchev–Trinajstić information content (AvgIpc) is 3.26. The Balaban J connectivity index is 1.33. The fraction of sp³-hybridized carbons (Fsp3) is 0.348. The number of fused-ring (bicyclic) bond motifs is 1. The van der Waals surface area contributed by atoms with Gasteiger partial charge in [-0.25, -0.2) is 0 Å². The molecule has 7 heteroatoms. The number of para-hydroxylation sites is 1. The Labute approximate surface area is 180 Å². The molecule has 1 aliphatic rings. The molecule has 1 aromatic heterocycles. The van der Waals surface area contributed by atoms with Crippen LogP contribution in [0.1, 0.15) is 42.5 Å². The van der Waals surface area contributed by atoms with E-state index in [9.17, 15) is 4.79 Å².